The SMILES string of the molecule is Cc1ccccc1-c1ccc(-n2nc(Nc3cc(C)n(C(C)(C)C)n3)c3ccccc3c2=O)cc1. The Morgan fingerprint density at radius 1 is 0.800 bits per heavy atom. The van der Waals surface area contributed by atoms with Crippen LogP contribution in [0, 0.1) is 13.8 Å². The molecule has 5 aromatic rings. The maximum absolute atomic E-state index is 13.4. The first-order valence-corrected chi connectivity index (χ1v) is 11.7. The van der Waals surface area contributed by atoms with E-state index in [4.69, 9.17) is 10.2 Å². The highest BCUT2D eigenvalue weighted by atomic mass is 16.1. The molecule has 0 fully saturated rings. The van der Waals surface area contributed by atoms with Crippen LogP contribution in [0.3, 0.4) is 0 Å². The molecule has 0 aliphatic heterocycles. The maximum atomic E-state index is 13.4. The van der Waals surface area contributed by atoms with Gasteiger partial charge in [-0.05, 0) is 69.5 Å². The van der Waals surface area contributed by atoms with Gasteiger partial charge in [-0.15, -0.1) is 5.10 Å². The Hall–Kier alpha value is -4.19. The molecule has 5 rings (SSSR count). The van der Waals surface area contributed by atoms with Crippen LogP contribution in [0.2, 0.25) is 0 Å². The molecular weight excluding hydrogens is 434 g/mol. The molecule has 0 bridgehead atoms. The van der Waals surface area contributed by atoms with Crippen LogP contribution < -0.4 is 10.9 Å². The summed E-state index contributed by atoms with van der Waals surface area (Å²) < 4.78 is 3.44. The summed E-state index contributed by atoms with van der Waals surface area (Å²) in [5.41, 5.74) is 4.93. The molecule has 35 heavy (non-hydrogen) atoms. The summed E-state index contributed by atoms with van der Waals surface area (Å²) in [5, 5.41) is 14.2. The van der Waals surface area contributed by atoms with E-state index in [1.807, 2.05) is 78.3 Å². The molecule has 0 saturated carbocycles. The normalized spacial score (nSPS) is 11.7. The average Bonchev–Trinajstić information content (AvgIpc) is 3.22. The van der Waals surface area contributed by atoms with Crippen molar-refractivity contribution in [3.63, 3.8) is 0 Å². The van der Waals surface area contributed by atoms with Crippen LogP contribution >= 0.6 is 0 Å². The third-order valence-electron chi connectivity index (χ3n) is 6.14. The van der Waals surface area contributed by atoms with Crippen molar-refractivity contribution < 1.29 is 0 Å². The van der Waals surface area contributed by atoms with Crippen molar-refractivity contribution in [1.29, 1.82) is 0 Å². The van der Waals surface area contributed by atoms with E-state index in [1.54, 1.807) is 0 Å². The van der Waals surface area contributed by atoms with Gasteiger partial charge in [0.05, 0.1) is 16.6 Å². The van der Waals surface area contributed by atoms with Crippen molar-refractivity contribution in [2.45, 2.75) is 40.2 Å². The second-order valence-electron chi connectivity index (χ2n) is 9.85. The first kappa shape index (κ1) is 22.6. The first-order chi connectivity index (χ1) is 16.7. The lowest BCUT2D eigenvalue weighted by Gasteiger charge is -2.21. The molecule has 6 nitrogen and oxygen atoms in total. The van der Waals surface area contributed by atoms with Crippen molar-refractivity contribution in [3.8, 4) is 16.8 Å². The standard InChI is InChI=1S/C29H29N5O/c1-19-10-6-7-11-23(19)21-14-16-22(17-15-21)33-28(35)25-13-9-8-12-24(25)27(32-33)30-26-18-20(2)34(31-26)29(3,4)5/h6-18H,1-5H3,(H,30,31,32). The molecule has 1 N–H and O–H groups in total. The van der Waals surface area contributed by atoms with E-state index in [-0.39, 0.29) is 11.1 Å². The zero-order valence-corrected chi connectivity index (χ0v) is 20.7. The van der Waals surface area contributed by atoms with Gasteiger partial charge >= 0.3 is 0 Å². The summed E-state index contributed by atoms with van der Waals surface area (Å²) in [6, 6.07) is 25.7. The van der Waals surface area contributed by atoms with E-state index in [1.165, 1.54) is 15.8 Å². The fraction of sp³-hybridized carbons (Fsp3) is 0.207. The molecule has 0 unspecified atom stereocenters. The smallest absolute Gasteiger partial charge is 0.279 e. The fourth-order valence-corrected chi connectivity index (χ4v) is 4.47. The predicted octanol–water partition coefficient (Wildman–Crippen LogP) is 6.36. The highest BCUT2D eigenvalue weighted by molar-refractivity contribution is 5.92. The van der Waals surface area contributed by atoms with E-state index in [0.717, 1.165) is 16.6 Å². The third kappa shape index (κ3) is 4.23. The average molecular weight is 464 g/mol. The molecule has 6 heteroatoms. The van der Waals surface area contributed by atoms with Gasteiger partial charge in [0.25, 0.3) is 5.56 Å². The van der Waals surface area contributed by atoms with E-state index in [9.17, 15) is 4.79 Å². The van der Waals surface area contributed by atoms with Gasteiger partial charge in [0.1, 0.15) is 0 Å². The summed E-state index contributed by atoms with van der Waals surface area (Å²) in [4.78, 5) is 13.4. The molecule has 0 spiro atoms. The molecule has 0 aliphatic carbocycles. The summed E-state index contributed by atoms with van der Waals surface area (Å²) in [6.07, 6.45) is 0. The van der Waals surface area contributed by atoms with Crippen LogP contribution in [0.4, 0.5) is 11.6 Å². The van der Waals surface area contributed by atoms with Crippen molar-refractivity contribution in [2.75, 3.05) is 5.32 Å². The van der Waals surface area contributed by atoms with Crippen LogP contribution in [-0.4, -0.2) is 19.6 Å². The van der Waals surface area contributed by atoms with Crippen LogP contribution in [-0.2, 0) is 5.54 Å². The minimum absolute atomic E-state index is 0.142. The van der Waals surface area contributed by atoms with Gasteiger partial charge in [-0.2, -0.15) is 9.78 Å². The first-order valence-electron chi connectivity index (χ1n) is 11.7. The number of aryl methyl sites for hydroxylation is 2. The van der Waals surface area contributed by atoms with Crippen LogP contribution in [0.1, 0.15) is 32.0 Å². The van der Waals surface area contributed by atoms with E-state index in [0.29, 0.717) is 22.7 Å². The highest BCUT2D eigenvalue weighted by Gasteiger charge is 2.19. The molecule has 0 saturated heterocycles. The number of anilines is 2. The molecule has 2 heterocycles. The zero-order chi connectivity index (χ0) is 24.7. The number of hydrogen-bond donors (Lipinski definition) is 1. The number of rotatable bonds is 4. The Kier molecular flexibility index (Phi) is 5.52. The van der Waals surface area contributed by atoms with Crippen molar-refractivity contribution in [2.24, 2.45) is 0 Å². The lowest BCUT2D eigenvalue weighted by atomic mass is 10.0. The number of nitrogens with zero attached hydrogens (tertiary/aromatic N) is 4. The predicted molar refractivity (Wildman–Crippen MR) is 143 cm³/mol. The number of nitrogens with one attached hydrogen (secondary N) is 1. The summed E-state index contributed by atoms with van der Waals surface area (Å²) >= 11 is 0. The second kappa shape index (κ2) is 8.55. The number of benzene rings is 3. The lowest BCUT2D eigenvalue weighted by molar-refractivity contribution is 0.349. The maximum Gasteiger partial charge on any atom is 0.279 e. The fourth-order valence-electron chi connectivity index (χ4n) is 4.47. The Balaban J connectivity index is 1.60. The minimum Gasteiger partial charge on any atom is -0.321 e. The quantitative estimate of drug-likeness (QED) is 0.337. The van der Waals surface area contributed by atoms with E-state index >= 15 is 0 Å². The summed E-state index contributed by atoms with van der Waals surface area (Å²) in [7, 11) is 0. The Labute approximate surface area is 204 Å². The molecule has 3 aromatic carbocycles. The second-order valence-corrected chi connectivity index (χ2v) is 9.85. The van der Waals surface area contributed by atoms with Gasteiger partial charge in [-0.25, -0.2) is 0 Å². The molecule has 0 atom stereocenters. The van der Waals surface area contributed by atoms with Crippen molar-refractivity contribution >= 4 is 22.4 Å². The Morgan fingerprint density at radius 2 is 1.46 bits per heavy atom. The van der Waals surface area contributed by atoms with Crippen molar-refractivity contribution in [1.82, 2.24) is 19.6 Å². The number of fused-ring (bicyclic) bond motifs is 1. The van der Waals surface area contributed by atoms with Gasteiger partial charge in [0.2, 0.25) is 0 Å². The molecule has 0 aliphatic rings. The zero-order valence-electron chi connectivity index (χ0n) is 20.7. The number of aromatic nitrogens is 4. The van der Waals surface area contributed by atoms with Gasteiger partial charge in [-0.1, -0.05) is 54.6 Å². The van der Waals surface area contributed by atoms with Gasteiger partial charge < -0.3 is 5.32 Å². The van der Waals surface area contributed by atoms with Crippen LogP contribution in [0.5, 0.6) is 0 Å². The van der Waals surface area contributed by atoms with E-state index in [2.05, 4.69) is 45.1 Å². The minimum atomic E-state index is -0.161. The summed E-state index contributed by atoms with van der Waals surface area (Å²) in [6.45, 7) is 10.5. The number of hydrogen-bond acceptors (Lipinski definition) is 4. The summed E-state index contributed by atoms with van der Waals surface area (Å²) in [5.74, 6) is 1.27. The van der Waals surface area contributed by atoms with Crippen molar-refractivity contribution in [3.05, 3.63) is 100 Å². The van der Waals surface area contributed by atoms with Gasteiger partial charge in [0.15, 0.2) is 11.6 Å². The Bertz CT molecular complexity index is 1590. The molecular formula is C29H29N5O. The molecule has 176 valence electrons. The highest BCUT2D eigenvalue weighted by Crippen LogP contribution is 2.27. The van der Waals surface area contributed by atoms with Gasteiger partial charge in [0, 0.05) is 17.1 Å². The Morgan fingerprint density at radius 3 is 2.11 bits per heavy atom. The largest absolute Gasteiger partial charge is 0.321 e. The molecule has 0 amide bonds. The van der Waals surface area contributed by atoms with Crippen LogP contribution in [0.25, 0.3) is 27.6 Å². The molecule has 0 radical (unpaired) electrons. The van der Waals surface area contributed by atoms with Crippen LogP contribution in [0.15, 0.2) is 83.7 Å². The van der Waals surface area contributed by atoms with E-state index < -0.39 is 0 Å². The topological polar surface area (TPSA) is 64.7 Å². The monoisotopic (exact) mass is 463 g/mol. The third-order valence-corrected chi connectivity index (χ3v) is 6.14. The van der Waals surface area contributed by atoms with Gasteiger partial charge in [-0.3, -0.25) is 9.48 Å². The lowest BCUT2D eigenvalue weighted by Crippen LogP contribution is -2.24. The molecule has 2 aromatic heterocycles.